The highest BCUT2D eigenvalue weighted by Gasteiger charge is 2.10. The van der Waals surface area contributed by atoms with Crippen LogP contribution in [0.2, 0.25) is 0 Å². The number of carbonyl (C=O) groups is 1. The average molecular weight is 207 g/mol. The minimum Gasteiger partial charge on any atom is -0.479 e. The molecular formula is C10H9NO4. The molecule has 0 saturated carbocycles. The number of hydrogen-bond donors (Lipinski definition) is 1. The third kappa shape index (κ3) is 1.76. The molecule has 0 bridgehead atoms. The fourth-order valence-electron chi connectivity index (χ4n) is 1.31. The number of ether oxygens (including phenoxy) is 1. The second kappa shape index (κ2) is 3.61. The third-order valence-electron chi connectivity index (χ3n) is 1.99. The number of hydrogen-bond acceptors (Lipinski definition) is 4. The molecule has 5 nitrogen and oxygen atoms in total. The van der Waals surface area contributed by atoms with E-state index in [2.05, 4.69) is 5.16 Å². The Morgan fingerprint density at radius 1 is 1.60 bits per heavy atom. The molecule has 1 N–H and O–H groups in total. The van der Waals surface area contributed by atoms with Crippen molar-refractivity contribution in [2.24, 2.45) is 0 Å². The van der Waals surface area contributed by atoms with Crippen molar-refractivity contribution in [2.45, 2.75) is 6.92 Å². The molecule has 0 spiro atoms. The first kappa shape index (κ1) is 9.51. The first-order valence-corrected chi connectivity index (χ1v) is 4.38. The van der Waals surface area contributed by atoms with Crippen LogP contribution in [-0.2, 0) is 4.79 Å². The van der Waals surface area contributed by atoms with Gasteiger partial charge in [-0.15, -0.1) is 0 Å². The lowest BCUT2D eigenvalue weighted by atomic mass is 10.2. The van der Waals surface area contributed by atoms with Gasteiger partial charge in [-0.25, -0.2) is 4.79 Å². The summed E-state index contributed by atoms with van der Waals surface area (Å²) in [4.78, 5) is 10.3. The molecule has 0 aliphatic carbocycles. The molecule has 2 aromatic rings. The normalized spacial score (nSPS) is 10.5. The Morgan fingerprint density at radius 2 is 2.40 bits per heavy atom. The van der Waals surface area contributed by atoms with Crippen LogP contribution in [0.4, 0.5) is 0 Å². The summed E-state index contributed by atoms with van der Waals surface area (Å²) < 4.78 is 10.1. The van der Waals surface area contributed by atoms with Crippen molar-refractivity contribution in [1.82, 2.24) is 5.16 Å². The van der Waals surface area contributed by atoms with Gasteiger partial charge in [-0.3, -0.25) is 0 Å². The smallest absolute Gasteiger partial charge is 0.341 e. The van der Waals surface area contributed by atoms with Crippen molar-refractivity contribution < 1.29 is 19.2 Å². The number of aryl methyl sites for hydroxylation is 1. The molecule has 15 heavy (non-hydrogen) atoms. The van der Waals surface area contributed by atoms with E-state index < -0.39 is 12.6 Å². The number of rotatable bonds is 3. The second-order valence-corrected chi connectivity index (χ2v) is 3.08. The second-order valence-electron chi connectivity index (χ2n) is 3.08. The number of carboxylic acids is 1. The predicted molar refractivity (Wildman–Crippen MR) is 51.9 cm³/mol. The summed E-state index contributed by atoms with van der Waals surface area (Å²) in [5.41, 5.74) is 1.24. The molecule has 1 aromatic heterocycles. The number of benzene rings is 1. The van der Waals surface area contributed by atoms with E-state index in [0.29, 0.717) is 11.3 Å². The van der Waals surface area contributed by atoms with Crippen LogP contribution in [0, 0.1) is 6.92 Å². The Balaban J connectivity index is 2.38. The molecular weight excluding hydrogens is 198 g/mol. The number of nitrogens with zero attached hydrogens (tertiary/aromatic N) is 1. The maximum Gasteiger partial charge on any atom is 0.341 e. The summed E-state index contributed by atoms with van der Waals surface area (Å²) in [5, 5.41) is 13.1. The van der Waals surface area contributed by atoms with E-state index in [-0.39, 0.29) is 0 Å². The van der Waals surface area contributed by atoms with Crippen LogP contribution < -0.4 is 4.74 Å². The summed E-state index contributed by atoms with van der Waals surface area (Å²) in [6, 6.07) is 5.26. The van der Waals surface area contributed by atoms with E-state index >= 15 is 0 Å². The van der Waals surface area contributed by atoms with Crippen LogP contribution in [-0.4, -0.2) is 22.8 Å². The molecule has 0 atom stereocenters. The SMILES string of the molecule is Cc1noc2c(OCC(=O)O)cccc12. The Bertz CT molecular complexity index is 503. The minimum atomic E-state index is -1.02. The van der Waals surface area contributed by atoms with Crippen LogP contribution in [0.1, 0.15) is 5.69 Å². The van der Waals surface area contributed by atoms with E-state index in [9.17, 15) is 4.79 Å². The largest absolute Gasteiger partial charge is 0.479 e. The summed E-state index contributed by atoms with van der Waals surface area (Å²) in [5.74, 6) is -0.626. The molecule has 0 amide bonds. The molecule has 0 saturated heterocycles. The van der Waals surface area contributed by atoms with E-state index in [0.717, 1.165) is 11.1 Å². The lowest BCUT2D eigenvalue weighted by molar-refractivity contribution is -0.139. The summed E-state index contributed by atoms with van der Waals surface area (Å²) in [6.07, 6.45) is 0. The first-order valence-electron chi connectivity index (χ1n) is 4.38. The first-order chi connectivity index (χ1) is 7.18. The lowest BCUT2D eigenvalue weighted by Gasteiger charge is -2.01. The molecule has 0 unspecified atom stereocenters. The Kier molecular flexibility index (Phi) is 2.29. The van der Waals surface area contributed by atoms with E-state index in [1.165, 1.54) is 0 Å². The standard InChI is InChI=1S/C10H9NO4/c1-6-7-3-2-4-8(10(7)15-11-6)14-5-9(12)13/h2-4H,5H2,1H3,(H,12,13). The van der Waals surface area contributed by atoms with Crippen LogP contribution in [0.5, 0.6) is 5.75 Å². The van der Waals surface area contributed by atoms with Crippen molar-refractivity contribution in [3.63, 3.8) is 0 Å². The van der Waals surface area contributed by atoms with Crippen molar-refractivity contribution in [2.75, 3.05) is 6.61 Å². The summed E-state index contributed by atoms with van der Waals surface area (Å²) in [6.45, 7) is 1.42. The topological polar surface area (TPSA) is 72.6 Å². The molecule has 5 heteroatoms. The monoisotopic (exact) mass is 207 g/mol. The van der Waals surface area contributed by atoms with Crippen molar-refractivity contribution in [3.8, 4) is 5.75 Å². The van der Waals surface area contributed by atoms with Crippen LogP contribution in [0.3, 0.4) is 0 Å². The number of aromatic nitrogens is 1. The molecule has 1 heterocycles. The van der Waals surface area contributed by atoms with Gasteiger partial charge in [-0.05, 0) is 19.1 Å². The fraction of sp³-hybridized carbons (Fsp3) is 0.200. The highest BCUT2D eigenvalue weighted by Crippen LogP contribution is 2.27. The molecule has 0 aliphatic heterocycles. The Labute approximate surface area is 85.2 Å². The molecule has 2 rings (SSSR count). The highest BCUT2D eigenvalue weighted by molar-refractivity contribution is 5.84. The Morgan fingerprint density at radius 3 is 3.13 bits per heavy atom. The van der Waals surface area contributed by atoms with Gasteiger partial charge in [0.15, 0.2) is 12.4 Å². The minimum absolute atomic E-state index is 0.390. The van der Waals surface area contributed by atoms with Crippen molar-refractivity contribution >= 4 is 16.9 Å². The van der Waals surface area contributed by atoms with Crippen LogP contribution in [0.25, 0.3) is 11.0 Å². The summed E-state index contributed by atoms with van der Waals surface area (Å²) >= 11 is 0. The van der Waals surface area contributed by atoms with Crippen molar-refractivity contribution in [1.29, 1.82) is 0 Å². The van der Waals surface area contributed by atoms with Gasteiger partial charge in [0.1, 0.15) is 0 Å². The lowest BCUT2D eigenvalue weighted by Crippen LogP contribution is -2.09. The zero-order chi connectivity index (χ0) is 10.8. The van der Waals surface area contributed by atoms with Gasteiger partial charge in [0, 0.05) is 5.39 Å². The highest BCUT2D eigenvalue weighted by atomic mass is 16.5. The van der Waals surface area contributed by atoms with Gasteiger partial charge >= 0.3 is 5.97 Å². The number of para-hydroxylation sites is 1. The number of aliphatic carboxylic acids is 1. The fourth-order valence-corrected chi connectivity index (χ4v) is 1.31. The maximum absolute atomic E-state index is 10.3. The molecule has 0 aliphatic rings. The number of fused-ring (bicyclic) bond motifs is 1. The van der Waals surface area contributed by atoms with Gasteiger partial charge < -0.3 is 14.4 Å². The zero-order valence-corrected chi connectivity index (χ0v) is 8.06. The molecule has 1 aromatic carbocycles. The van der Waals surface area contributed by atoms with Crippen LogP contribution in [0.15, 0.2) is 22.7 Å². The van der Waals surface area contributed by atoms with Gasteiger partial charge in [0.05, 0.1) is 5.69 Å². The number of carboxylic acid groups (broad SMARTS) is 1. The van der Waals surface area contributed by atoms with Gasteiger partial charge in [-0.2, -0.15) is 0 Å². The summed E-state index contributed by atoms with van der Waals surface area (Å²) in [7, 11) is 0. The zero-order valence-electron chi connectivity index (χ0n) is 8.06. The molecule has 78 valence electrons. The van der Waals surface area contributed by atoms with E-state index in [1.807, 2.05) is 13.0 Å². The predicted octanol–water partition coefficient (Wildman–Crippen LogP) is 1.60. The maximum atomic E-state index is 10.3. The average Bonchev–Trinajstić information content (AvgIpc) is 2.58. The molecule has 0 fully saturated rings. The van der Waals surface area contributed by atoms with Crippen molar-refractivity contribution in [3.05, 3.63) is 23.9 Å². The Hall–Kier alpha value is -2.04. The van der Waals surface area contributed by atoms with Gasteiger partial charge in [0.25, 0.3) is 0 Å². The molecule has 0 radical (unpaired) electrons. The van der Waals surface area contributed by atoms with Gasteiger partial charge in [-0.1, -0.05) is 11.2 Å². The van der Waals surface area contributed by atoms with Crippen LogP contribution >= 0.6 is 0 Å². The van der Waals surface area contributed by atoms with E-state index in [1.54, 1.807) is 12.1 Å². The van der Waals surface area contributed by atoms with Gasteiger partial charge in [0.2, 0.25) is 5.58 Å². The quantitative estimate of drug-likeness (QED) is 0.827. The van der Waals surface area contributed by atoms with E-state index in [4.69, 9.17) is 14.4 Å². The third-order valence-corrected chi connectivity index (χ3v) is 1.99.